The second-order valence-corrected chi connectivity index (χ2v) is 7.81. The van der Waals surface area contributed by atoms with Crippen LogP contribution in [0.1, 0.15) is 29.9 Å². The zero-order chi connectivity index (χ0) is 22.4. The topological polar surface area (TPSA) is 88.5 Å². The van der Waals surface area contributed by atoms with E-state index in [-0.39, 0.29) is 16.0 Å². The van der Waals surface area contributed by atoms with Crippen molar-refractivity contribution in [3.8, 4) is 5.69 Å². The van der Waals surface area contributed by atoms with E-state index < -0.39 is 11.9 Å². The molecule has 0 saturated carbocycles. The van der Waals surface area contributed by atoms with Crippen molar-refractivity contribution in [3.05, 3.63) is 88.1 Å². The van der Waals surface area contributed by atoms with Crippen molar-refractivity contribution >= 4 is 27.8 Å². The Bertz CT molecular complexity index is 1520. The van der Waals surface area contributed by atoms with Crippen LogP contribution in [0.5, 0.6) is 0 Å². The Kier molecular flexibility index (Phi) is 5.63. The largest absolute Gasteiger partial charge is 0.359 e. The first-order chi connectivity index (χ1) is 15.5. The van der Waals surface area contributed by atoms with E-state index in [0.29, 0.717) is 33.6 Å². The smallest absolute Gasteiger partial charge is 0.266 e. The first-order valence-electron chi connectivity index (χ1n) is 10.3. The van der Waals surface area contributed by atoms with Crippen LogP contribution in [-0.2, 0) is 0 Å². The third-order valence-electron chi connectivity index (χ3n) is 5.62. The van der Waals surface area contributed by atoms with E-state index in [0.717, 1.165) is 11.1 Å². The van der Waals surface area contributed by atoms with Crippen molar-refractivity contribution in [2.45, 2.75) is 26.8 Å². The SMILES string of the molecule is Cc1cccc(F)c1-n1c(C(C)Nc2nccc3[nH]cnc23)nc2cccc(C)c2c1=O.F. The van der Waals surface area contributed by atoms with Gasteiger partial charge < -0.3 is 10.3 Å². The third-order valence-corrected chi connectivity index (χ3v) is 5.62. The number of imidazole rings is 1. The molecule has 33 heavy (non-hydrogen) atoms. The molecule has 5 rings (SSSR count). The lowest BCUT2D eigenvalue weighted by Gasteiger charge is -2.22. The van der Waals surface area contributed by atoms with Crippen molar-refractivity contribution in [2.75, 3.05) is 5.32 Å². The number of nitrogens with zero attached hydrogens (tertiary/aromatic N) is 4. The second-order valence-electron chi connectivity index (χ2n) is 7.81. The molecule has 0 radical (unpaired) electrons. The number of pyridine rings is 1. The fourth-order valence-corrected chi connectivity index (χ4v) is 4.07. The van der Waals surface area contributed by atoms with Gasteiger partial charge in [0.2, 0.25) is 0 Å². The zero-order valence-corrected chi connectivity index (χ0v) is 18.3. The molecule has 0 bridgehead atoms. The number of H-pyrrole nitrogens is 1. The maximum Gasteiger partial charge on any atom is 0.266 e. The highest BCUT2D eigenvalue weighted by Crippen LogP contribution is 2.27. The molecule has 7 nitrogen and oxygen atoms in total. The van der Waals surface area contributed by atoms with Gasteiger partial charge in [0.05, 0.1) is 34.5 Å². The van der Waals surface area contributed by atoms with Gasteiger partial charge in [-0.3, -0.25) is 14.1 Å². The first kappa shape index (κ1) is 22.1. The molecule has 168 valence electrons. The number of aromatic nitrogens is 5. The number of hydrogen-bond donors (Lipinski definition) is 2. The van der Waals surface area contributed by atoms with Gasteiger partial charge in [-0.05, 0) is 50.1 Å². The standard InChI is InChI=1S/C24H21FN6O.FH/c1-13-6-5-9-17-19(13)24(32)31(21-14(2)7-4-8-16(21)25)23(30-17)15(3)29-22-20-18(10-11-26-22)27-12-28-20;/h4-12,15H,1-3H3,(H,26,29)(H,27,28);1H. The highest BCUT2D eigenvalue weighted by Gasteiger charge is 2.22. The summed E-state index contributed by atoms with van der Waals surface area (Å²) in [6.07, 6.45) is 3.26. The molecule has 3 aromatic heterocycles. The molecule has 0 aliphatic rings. The fraction of sp³-hybridized carbons (Fsp3) is 0.167. The number of benzene rings is 2. The van der Waals surface area contributed by atoms with Crippen molar-refractivity contribution < 1.29 is 9.09 Å². The molecule has 0 saturated heterocycles. The molecule has 5 aromatic rings. The quantitative estimate of drug-likeness (QED) is 0.415. The van der Waals surface area contributed by atoms with Crippen LogP contribution in [0.4, 0.5) is 14.9 Å². The van der Waals surface area contributed by atoms with Crippen molar-refractivity contribution in [1.82, 2.24) is 24.5 Å². The van der Waals surface area contributed by atoms with E-state index in [1.807, 2.05) is 32.0 Å². The van der Waals surface area contributed by atoms with Crippen LogP contribution in [0.3, 0.4) is 0 Å². The summed E-state index contributed by atoms with van der Waals surface area (Å²) >= 11 is 0. The number of aromatic amines is 1. The summed E-state index contributed by atoms with van der Waals surface area (Å²) in [5, 5.41) is 3.78. The molecule has 1 atom stereocenters. The molecule has 0 spiro atoms. The molecule has 0 aliphatic carbocycles. The Hall–Kier alpha value is -4.14. The molecule has 0 aliphatic heterocycles. The summed E-state index contributed by atoms with van der Waals surface area (Å²) < 4.78 is 16.4. The summed E-state index contributed by atoms with van der Waals surface area (Å²) in [4.78, 5) is 30.3. The number of halogens is 2. The van der Waals surface area contributed by atoms with E-state index >= 15 is 4.39 Å². The highest BCUT2D eigenvalue weighted by atomic mass is 19.1. The van der Waals surface area contributed by atoms with Crippen LogP contribution >= 0.6 is 0 Å². The van der Waals surface area contributed by atoms with Gasteiger partial charge in [-0.1, -0.05) is 24.3 Å². The summed E-state index contributed by atoms with van der Waals surface area (Å²) in [5.74, 6) is 0.449. The number of aryl methyl sites for hydroxylation is 2. The number of hydrogen-bond acceptors (Lipinski definition) is 5. The Labute approximate surface area is 187 Å². The summed E-state index contributed by atoms with van der Waals surface area (Å²) in [6.45, 7) is 5.50. The van der Waals surface area contributed by atoms with Gasteiger partial charge in [-0.25, -0.2) is 19.3 Å². The van der Waals surface area contributed by atoms with Crippen molar-refractivity contribution in [1.29, 1.82) is 0 Å². The molecule has 9 heteroatoms. The van der Waals surface area contributed by atoms with E-state index in [4.69, 9.17) is 4.98 Å². The molecule has 0 amide bonds. The van der Waals surface area contributed by atoms with Gasteiger partial charge in [-0.15, -0.1) is 0 Å². The van der Waals surface area contributed by atoms with Gasteiger partial charge in [0, 0.05) is 6.20 Å². The van der Waals surface area contributed by atoms with Crippen LogP contribution in [-0.4, -0.2) is 24.5 Å². The van der Waals surface area contributed by atoms with Crippen LogP contribution < -0.4 is 10.9 Å². The number of rotatable bonds is 4. The Morgan fingerprint density at radius 3 is 2.61 bits per heavy atom. The van der Waals surface area contributed by atoms with Gasteiger partial charge in [0.25, 0.3) is 5.56 Å². The average molecular weight is 448 g/mol. The van der Waals surface area contributed by atoms with Crippen molar-refractivity contribution in [3.63, 3.8) is 0 Å². The molecular formula is C24H22F2N6O. The van der Waals surface area contributed by atoms with E-state index in [1.54, 1.807) is 37.6 Å². The predicted octanol–water partition coefficient (Wildman–Crippen LogP) is 4.74. The van der Waals surface area contributed by atoms with Gasteiger partial charge in [-0.2, -0.15) is 0 Å². The van der Waals surface area contributed by atoms with E-state index in [2.05, 4.69) is 20.3 Å². The van der Waals surface area contributed by atoms with Crippen LogP contribution in [0.2, 0.25) is 0 Å². The lowest BCUT2D eigenvalue weighted by molar-refractivity contribution is 0.605. The lowest BCUT2D eigenvalue weighted by Crippen LogP contribution is -2.29. The first-order valence-corrected chi connectivity index (χ1v) is 10.3. The lowest BCUT2D eigenvalue weighted by atomic mass is 10.1. The molecule has 0 fully saturated rings. The number of nitrogens with one attached hydrogen (secondary N) is 2. The minimum atomic E-state index is -0.484. The molecule has 1 unspecified atom stereocenters. The molecular weight excluding hydrogens is 426 g/mol. The minimum Gasteiger partial charge on any atom is -0.359 e. The normalized spacial score (nSPS) is 12.0. The maximum absolute atomic E-state index is 15.0. The highest BCUT2D eigenvalue weighted by molar-refractivity contribution is 5.85. The van der Waals surface area contributed by atoms with Crippen LogP contribution in [0.15, 0.2) is 59.8 Å². The van der Waals surface area contributed by atoms with Crippen molar-refractivity contribution in [2.24, 2.45) is 0 Å². The number of anilines is 1. The molecule has 3 heterocycles. The zero-order valence-electron chi connectivity index (χ0n) is 18.3. The van der Waals surface area contributed by atoms with E-state index in [9.17, 15) is 4.79 Å². The van der Waals surface area contributed by atoms with Crippen LogP contribution in [0, 0.1) is 19.7 Å². The Morgan fingerprint density at radius 1 is 1.06 bits per heavy atom. The molecule has 2 aromatic carbocycles. The van der Waals surface area contributed by atoms with Crippen LogP contribution in [0.25, 0.3) is 27.6 Å². The van der Waals surface area contributed by atoms with Gasteiger partial charge >= 0.3 is 0 Å². The average Bonchev–Trinajstić information content (AvgIpc) is 3.24. The van der Waals surface area contributed by atoms with E-state index in [1.165, 1.54) is 10.6 Å². The Balaban J connectivity index is 0.00000259. The summed E-state index contributed by atoms with van der Waals surface area (Å²) in [6, 6.07) is 11.6. The monoisotopic (exact) mass is 448 g/mol. The van der Waals surface area contributed by atoms with Gasteiger partial charge in [0.1, 0.15) is 17.2 Å². The number of fused-ring (bicyclic) bond motifs is 2. The Morgan fingerprint density at radius 2 is 1.82 bits per heavy atom. The summed E-state index contributed by atoms with van der Waals surface area (Å²) in [5.41, 5.74) is 3.39. The number of para-hydroxylation sites is 1. The fourth-order valence-electron chi connectivity index (χ4n) is 4.07. The maximum atomic E-state index is 15.0. The third kappa shape index (κ3) is 3.61. The predicted molar refractivity (Wildman–Crippen MR) is 125 cm³/mol. The van der Waals surface area contributed by atoms with Gasteiger partial charge in [0.15, 0.2) is 5.82 Å². The minimum absolute atomic E-state index is 0. The summed E-state index contributed by atoms with van der Waals surface area (Å²) in [7, 11) is 0. The molecule has 2 N–H and O–H groups in total. The second kappa shape index (κ2) is 8.42.